The first-order valence-corrected chi connectivity index (χ1v) is 10.6. The van der Waals surface area contributed by atoms with Gasteiger partial charge in [0.2, 0.25) is 15.8 Å². The van der Waals surface area contributed by atoms with Crippen molar-refractivity contribution >= 4 is 21.8 Å². The molecule has 0 aliphatic rings. The molecule has 0 unspecified atom stereocenters. The van der Waals surface area contributed by atoms with Crippen molar-refractivity contribution in [3.8, 4) is 0 Å². The molecule has 0 bridgehead atoms. The Morgan fingerprint density at radius 2 is 1.77 bits per heavy atom. The highest BCUT2D eigenvalue weighted by Gasteiger charge is 2.17. The third-order valence-corrected chi connectivity index (χ3v) is 5.86. The lowest BCUT2D eigenvalue weighted by Crippen LogP contribution is -2.23. The van der Waals surface area contributed by atoms with Crippen LogP contribution in [0.15, 0.2) is 70.2 Å². The summed E-state index contributed by atoms with van der Waals surface area (Å²) in [5, 5.41) is 0. The first-order chi connectivity index (χ1) is 14.3. The van der Waals surface area contributed by atoms with Gasteiger partial charge in [0.15, 0.2) is 6.61 Å². The van der Waals surface area contributed by atoms with E-state index in [0.717, 1.165) is 11.1 Å². The molecule has 0 saturated heterocycles. The number of carbonyl (C=O) groups is 2. The summed E-state index contributed by atoms with van der Waals surface area (Å²) in [6.45, 7) is 3.31. The van der Waals surface area contributed by atoms with Crippen molar-refractivity contribution in [3.63, 3.8) is 0 Å². The molecule has 0 atom stereocenters. The Bertz CT molecular complexity index is 1150. The van der Waals surface area contributed by atoms with E-state index in [2.05, 4.69) is 4.72 Å². The molecule has 1 heterocycles. The van der Waals surface area contributed by atoms with E-state index < -0.39 is 22.6 Å². The van der Waals surface area contributed by atoms with Gasteiger partial charge in [0, 0.05) is 5.56 Å². The highest BCUT2D eigenvalue weighted by molar-refractivity contribution is 7.89. The van der Waals surface area contributed by atoms with E-state index in [9.17, 15) is 18.0 Å². The molecule has 156 valence electrons. The predicted octanol–water partition coefficient (Wildman–Crippen LogP) is 3.41. The summed E-state index contributed by atoms with van der Waals surface area (Å²) in [5.41, 5.74) is 2.40. The molecule has 0 radical (unpaired) electrons. The number of Topliss-reactive ketones (excluding diaryl/α,β-unsaturated/α-hetero) is 1. The molecular weight excluding hydrogens is 406 g/mol. The zero-order chi connectivity index (χ0) is 21.7. The lowest BCUT2D eigenvalue weighted by molar-refractivity contribution is 0.0474. The molecule has 1 aromatic heterocycles. The van der Waals surface area contributed by atoms with E-state index in [4.69, 9.17) is 9.15 Å². The molecule has 1 N–H and O–H groups in total. The standard InChI is InChI=1S/C22H21NO6S/c1-15-5-6-16(2)20(12-15)21(24)14-29-22(25)17-7-9-19(10-8-17)30(26,27)23-13-18-4-3-11-28-18/h3-12,23H,13-14H2,1-2H3. The Hall–Kier alpha value is -3.23. The van der Waals surface area contributed by atoms with Crippen molar-refractivity contribution in [3.05, 3.63) is 88.9 Å². The van der Waals surface area contributed by atoms with Crippen LogP contribution in [0, 0.1) is 13.8 Å². The van der Waals surface area contributed by atoms with Crippen molar-refractivity contribution in [2.24, 2.45) is 0 Å². The lowest BCUT2D eigenvalue weighted by Gasteiger charge is -2.09. The molecule has 2 aromatic carbocycles. The van der Waals surface area contributed by atoms with Gasteiger partial charge in [0.25, 0.3) is 0 Å². The summed E-state index contributed by atoms with van der Waals surface area (Å²) in [6, 6.07) is 14.1. The Balaban J connectivity index is 1.60. The average Bonchev–Trinajstić information content (AvgIpc) is 3.26. The molecule has 3 rings (SSSR count). The molecule has 7 nitrogen and oxygen atoms in total. The minimum absolute atomic E-state index is 0.00271. The minimum atomic E-state index is -3.77. The number of ketones is 1. The van der Waals surface area contributed by atoms with Crippen LogP contribution < -0.4 is 4.72 Å². The quantitative estimate of drug-likeness (QED) is 0.437. The van der Waals surface area contributed by atoms with Gasteiger partial charge >= 0.3 is 5.97 Å². The van der Waals surface area contributed by atoms with Crippen molar-refractivity contribution < 1.29 is 27.2 Å². The van der Waals surface area contributed by atoms with E-state index in [1.807, 2.05) is 26.0 Å². The highest BCUT2D eigenvalue weighted by Crippen LogP contribution is 2.14. The number of carbonyl (C=O) groups excluding carboxylic acids is 2. The van der Waals surface area contributed by atoms with Gasteiger partial charge in [-0.3, -0.25) is 4.79 Å². The summed E-state index contributed by atoms with van der Waals surface area (Å²) < 4.78 is 37.3. The SMILES string of the molecule is Cc1ccc(C)c(C(=O)COC(=O)c2ccc(S(=O)(=O)NCc3ccco3)cc2)c1. The van der Waals surface area contributed by atoms with Crippen LogP contribution in [0.25, 0.3) is 0 Å². The fourth-order valence-corrected chi connectivity index (χ4v) is 3.75. The van der Waals surface area contributed by atoms with E-state index >= 15 is 0 Å². The minimum Gasteiger partial charge on any atom is -0.468 e. The summed E-state index contributed by atoms with van der Waals surface area (Å²) >= 11 is 0. The molecule has 0 saturated carbocycles. The third kappa shape index (κ3) is 5.22. The van der Waals surface area contributed by atoms with Crippen LogP contribution in [0.2, 0.25) is 0 Å². The number of rotatable bonds is 8. The van der Waals surface area contributed by atoms with Crippen LogP contribution in [0.4, 0.5) is 0 Å². The maximum absolute atomic E-state index is 12.3. The Morgan fingerprint density at radius 1 is 1.03 bits per heavy atom. The van der Waals surface area contributed by atoms with Gasteiger partial charge in [0.05, 0.1) is 23.3 Å². The fraction of sp³-hybridized carbons (Fsp3) is 0.182. The van der Waals surface area contributed by atoms with Crippen molar-refractivity contribution in [2.45, 2.75) is 25.3 Å². The zero-order valence-corrected chi connectivity index (χ0v) is 17.4. The average molecular weight is 427 g/mol. The van der Waals surface area contributed by atoms with E-state index in [1.165, 1.54) is 30.5 Å². The number of nitrogens with one attached hydrogen (secondary N) is 1. The van der Waals surface area contributed by atoms with Crippen molar-refractivity contribution in [1.29, 1.82) is 0 Å². The van der Waals surface area contributed by atoms with Crippen molar-refractivity contribution in [1.82, 2.24) is 4.72 Å². The topological polar surface area (TPSA) is 103 Å². The summed E-state index contributed by atoms with van der Waals surface area (Å²) in [7, 11) is -3.77. The summed E-state index contributed by atoms with van der Waals surface area (Å²) in [5.74, 6) is -0.528. The number of furan rings is 1. The molecule has 0 amide bonds. The molecule has 0 aliphatic carbocycles. The smallest absolute Gasteiger partial charge is 0.338 e. The third-order valence-electron chi connectivity index (χ3n) is 4.44. The van der Waals surface area contributed by atoms with Crippen LogP contribution >= 0.6 is 0 Å². The van der Waals surface area contributed by atoms with Crippen LogP contribution in [0.3, 0.4) is 0 Å². The van der Waals surface area contributed by atoms with Gasteiger partial charge in [-0.2, -0.15) is 0 Å². The van der Waals surface area contributed by atoms with Gasteiger partial charge in [-0.25, -0.2) is 17.9 Å². The van der Waals surface area contributed by atoms with Crippen LogP contribution in [-0.4, -0.2) is 26.8 Å². The Kier molecular flexibility index (Phi) is 6.49. The fourth-order valence-electron chi connectivity index (χ4n) is 2.76. The first kappa shape index (κ1) is 21.5. The van der Waals surface area contributed by atoms with Crippen molar-refractivity contribution in [2.75, 3.05) is 6.61 Å². The van der Waals surface area contributed by atoms with Gasteiger partial charge in [-0.15, -0.1) is 0 Å². The number of hydrogen-bond donors (Lipinski definition) is 1. The second kappa shape index (κ2) is 9.06. The van der Waals surface area contributed by atoms with E-state index in [1.54, 1.807) is 18.2 Å². The van der Waals surface area contributed by atoms with Crippen LogP contribution in [0.1, 0.15) is 37.6 Å². The number of sulfonamides is 1. The first-order valence-electron chi connectivity index (χ1n) is 9.16. The van der Waals surface area contributed by atoms with Gasteiger partial charge in [-0.05, 0) is 61.9 Å². The normalized spacial score (nSPS) is 11.3. The number of esters is 1. The molecule has 0 spiro atoms. The van der Waals surface area contributed by atoms with Crippen LogP contribution in [0.5, 0.6) is 0 Å². The molecule has 8 heteroatoms. The molecule has 0 fully saturated rings. The predicted molar refractivity (Wildman–Crippen MR) is 110 cm³/mol. The lowest BCUT2D eigenvalue weighted by atomic mass is 10.0. The number of ether oxygens (including phenoxy) is 1. The number of hydrogen-bond acceptors (Lipinski definition) is 6. The molecule has 30 heavy (non-hydrogen) atoms. The maximum atomic E-state index is 12.3. The van der Waals surface area contributed by atoms with Gasteiger partial charge < -0.3 is 9.15 Å². The largest absolute Gasteiger partial charge is 0.468 e. The second-order valence-corrected chi connectivity index (χ2v) is 8.51. The van der Waals surface area contributed by atoms with Gasteiger partial charge in [-0.1, -0.05) is 17.7 Å². The Morgan fingerprint density at radius 3 is 2.43 bits per heavy atom. The summed E-state index contributed by atoms with van der Waals surface area (Å²) in [6.07, 6.45) is 1.45. The van der Waals surface area contributed by atoms with Crippen LogP contribution in [-0.2, 0) is 21.3 Å². The molecule has 0 aliphatic heterocycles. The highest BCUT2D eigenvalue weighted by atomic mass is 32.2. The second-order valence-electron chi connectivity index (χ2n) is 6.75. The zero-order valence-electron chi connectivity index (χ0n) is 16.5. The Labute approximate surface area is 174 Å². The number of aryl methyl sites for hydroxylation is 2. The van der Waals surface area contributed by atoms with E-state index in [0.29, 0.717) is 11.3 Å². The number of benzene rings is 2. The maximum Gasteiger partial charge on any atom is 0.338 e. The van der Waals surface area contributed by atoms with Gasteiger partial charge in [0.1, 0.15) is 5.76 Å². The molecular formula is C22H21NO6S. The summed E-state index contributed by atoms with van der Waals surface area (Å²) in [4.78, 5) is 24.6. The molecule has 3 aromatic rings. The monoisotopic (exact) mass is 427 g/mol. The van der Waals surface area contributed by atoms with E-state index in [-0.39, 0.29) is 22.8 Å².